The van der Waals surface area contributed by atoms with Crippen molar-refractivity contribution in [3.8, 4) is 0 Å². The fourth-order valence-electron chi connectivity index (χ4n) is 1.76. The van der Waals surface area contributed by atoms with Gasteiger partial charge in [-0.2, -0.15) is 0 Å². The zero-order chi connectivity index (χ0) is 13.4. The van der Waals surface area contributed by atoms with E-state index in [9.17, 15) is 5.11 Å². The van der Waals surface area contributed by atoms with Gasteiger partial charge in [-0.25, -0.2) is 4.68 Å². The molecule has 2 aromatic rings. The van der Waals surface area contributed by atoms with E-state index in [1.165, 1.54) is 11.8 Å². The molecule has 1 fully saturated rings. The van der Waals surface area contributed by atoms with Crippen molar-refractivity contribution in [2.75, 3.05) is 0 Å². The molecule has 1 N–H and O–H groups in total. The van der Waals surface area contributed by atoms with Gasteiger partial charge in [0.15, 0.2) is 0 Å². The van der Waals surface area contributed by atoms with Crippen LogP contribution in [0.5, 0.6) is 0 Å². The number of halogens is 1. The van der Waals surface area contributed by atoms with Crippen LogP contribution in [0.1, 0.15) is 37.5 Å². The summed E-state index contributed by atoms with van der Waals surface area (Å²) in [5.74, 6) is 0. The Morgan fingerprint density at radius 2 is 2.26 bits per heavy atom. The van der Waals surface area contributed by atoms with Crippen molar-refractivity contribution in [3.05, 3.63) is 28.8 Å². The van der Waals surface area contributed by atoms with Crippen molar-refractivity contribution in [3.63, 3.8) is 0 Å². The van der Waals surface area contributed by atoms with Gasteiger partial charge in [0.2, 0.25) is 5.16 Å². The van der Waals surface area contributed by atoms with Gasteiger partial charge in [-0.1, -0.05) is 17.7 Å². The molecule has 0 unspecified atom stereocenters. The molecule has 0 radical (unpaired) electrons. The molecule has 1 aromatic carbocycles. The zero-order valence-corrected chi connectivity index (χ0v) is 11.9. The Morgan fingerprint density at radius 3 is 2.89 bits per heavy atom. The molecule has 0 spiro atoms. The smallest absolute Gasteiger partial charge is 0.214 e. The minimum absolute atomic E-state index is 0.438. The third-order valence-corrected chi connectivity index (χ3v) is 4.45. The second-order valence-corrected chi connectivity index (χ2v) is 6.02. The van der Waals surface area contributed by atoms with Crippen LogP contribution in [0.2, 0.25) is 5.02 Å². The Hall–Kier alpha value is -1.11. The van der Waals surface area contributed by atoms with Crippen molar-refractivity contribution in [2.24, 2.45) is 0 Å². The molecule has 0 saturated heterocycles. The van der Waals surface area contributed by atoms with E-state index in [2.05, 4.69) is 15.5 Å². The number of nitrogens with zero attached hydrogens (tertiary/aromatic N) is 4. The summed E-state index contributed by atoms with van der Waals surface area (Å²) in [6, 6.07) is 5.97. The first-order chi connectivity index (χ1) is 9.15. The Kier molecular flexibility index (Phi) is 3.47. The lowest BCUT2D eigenvalue weighted by Crippen LogP contribution is -1.98. The van der Waals surface area contributed by atoms with Crippen LogP contribution in [0.3, 0.4) is 0 Å². The molecule has 19 heavy (non-hydrogen) atoms. The zero-order valence-electron chi connectivity index (χ0n) is 10.3. The van der Waals surface area contributed by atoms with E-state index in [1.54, 1.807) is 13.0 Å². The van der Waals surface area contributed by atoms with Gasteiger partial charge >= 0.3 is 0 Å². The van der Waals surface area contributed by atoms with Gasteiger partial charge in [-0.15, -0.1) is 5.10 Å². The maximum absolute atomic E-state index is 9.52. The summed E-state index contributed by atoms with van der Waals surface area (Å²) in [5, 5.41) is 22.6. The topological polar surface area (TPSA) is 63.8 Å². The fraction of sp³-hybridized carbons (Fsp3) is 0.417. The van der Waals surface area contributed by atoms with Gasteiger partial charge in [-0.3, -0.25) is 0 Å². The molecule has 3 rings (SSSR count). The third kappa shape index (κ3) is 2.75. The number of aliphatic hydroxyl groups is 1. The van der Waals surface area contributed by atoms with Crippen LogP contribution in [-0.4, -0.2) is 25.3 Å². The van der Waals surface area contributed by atoms with E-state index >= 15 is 0 Å². The molecule has 1 aliphatic carbocycles. The third-order valence-electron chi connectivity index (χ3n) is 2.99. The lowest BCUT2D eigenvalue weighted by Gasteiger charge is -2.08. The average Bonchev–Trinajstić information content (AvgIpc) is 3.12. The van der Waals surface area contributed by atoms with Gasteiger partial charge in [-0.05, 0) is 59.7 Å². The lowest BCUT2D eigenvalue weighted by molar-refractivity contribution is 0.199. The summed E-state index contributed by atoms with van der Waals surface area (Å²) in [6.45, 7) is 1.71. The highest BCUT2D eigenvalue weighted by Crippen LogP contribution is 2.39. The SMILES string of the molecule is C[C@@H](O)c1ccc(Sc2nnnn2C2CC2)c(Cl)c1. The summed E-state index contributed by atoms with van der Waals surface area (Å²) in [7, 11) is 0. The predicted octanol–water partition coefficient (Wildman–Crippen LogP) is 2.87. The molecule has 0 bridgehead atoms. The van der Waals surface area contributed by atoms with Gasteiger partial charge in [0.05, 0.1) is 17.2 Å². The lowest BCUT2D eigenvalue weighted by atomic mass is 10.1. The van der Waals surface area contributed by atoms with Crippen LogP contribution in [0.4, 0.5) is 0 Å². The molecule has 1 heterocycles. The van der Waals surface area contributed by atoms with Gasteiger partial charge in [0, 0.05) is 4.90 Å². The Bertz CT molecular complexity index is 597. The predicted molar refractivity (Wildman–Crippen MR) is 72.3 cm³/mol. The Balaban J connectivity index is 1.84. The number of hydrogen-bond donors (Lipinski definition) is 1. The summed E-state index contributed by atoms with van der Waals surface area (Å²) in [6.07, 6.45) is 1.74. The molecule has 1 saturated carbocycles. The van der Waals surface area contributed by atoms with E-state index in [4.69, 9.17) is 11.6 Å². The van der Waals surface area contributed by atoms with Gasteiger partial charge in [0.1, 0.15) is 0 Å². The van der Waals surface area contributed by atoms with Crippen LogP contribution >= 0.6 is 23.4 Å². The minimum atomic E-state index is -0.520. The number of hydrogen-bond acceptors (Lipinski definition) is 5. The number of tetrazole rings is 1. The summed E-state index contributed by atoms with van der Waals surface area (Å²) >= 11 is 7.68. The van der Waals surface area contributed by atoms with Gasteiger partial charge < -0.3 is 5.11 Å². The van der Waals surface area contributed by atoms with Crippen molar-refractivity contribution >= 4 is 23.4 Å². The molecule has 0 aliphatic heterocycles. The van der Waals surface area contributed by atoms with Crippen LogP contribution < -0.4 is 0 Å². The molecular formula is C12H13ClN4OS. The largest absolute Gasteiger partial charge is 0.389 e. The van der Waals surface area contributed by atoms with Crippen LogP contribution in [0.15, 0.2) is 28.3 Å². The Labute approximate surface area is 120 Å². The van der Waals surface area contributed by atoms with E-state index in [1.807, 2.05) is 16.8 Å². The first-order valence-electron chi connectivity index (χ1n) is 6.08. The highest BCUT2D eigenvalue weighted by Gasteiger charge is 2.28. The number of benzene rings is 1. The van der Waals surface area contributed by atoms with Crippen LogP contribution in [0.25, 0.3) is 0 Å². The van der Waals surface area contributed by atoms with E-state index < -0.39 is 6.10 Å². The van der Waals surface area contributed by atoms with Crippen molar-refractivity contribution in [1.29, 1.82) is 0 Å². The maximum Gasteiger partial charge on any atom is 0.214 e. The minimum Gasteiger partial charge on any atom is -0.389 e. The Morgan fingerprint density at radius 1 is 1.47 bits per heavy atom. The monoisotopic (exact) mass is 296 g/mol. The van der Waals surface area contributed by atoms with E-state index in [0.29, 0.717) is 11.1 Å². The molecule has 100 valence electrons. The highest BCUT2D eigenvalue weighted by molar-refractivity contribution is 7.99. The standard InChI is InChI=1S/C12H13ClN4OS/c1-7(18)8-2-5-11(10(13)6-8)19-12-14-15-16-17(12)9-3-4-9/h2,5-7,9,18H,3-4H2,1H3/t7-/m1/s1. The second kappa shape index (κ2) is 5.11. The molecule has 1 aromatic heterocycles. The molecular weight excluding hydrogens is 284 g/mol. The normalized spacial score (nSPS) is 16.6. The first kappa shape index (κ1) is 12.9. The molecule has 5 nitrogen and oxygen atoms in total. The number of rotatable bonds is 4. The van der Waals surface area contributed by atoms with Crippen molar-refractivity contribution < 1.29 is 5.11 Å². The summed E-state index contributed by atoms with van der Waals surface area (Å²) in [4.78, 5) is 0.891. The molecule has 1 aliphatic rings. The molecule has 1 atom stereocenters. The van der Waals surface area contributed by atoms with E-state index in [-0.39, 0.29) is 0 Å². The van der Waals surface area contributed by atoms with Crippen molar-refractivity contribution in [2.45, 2.75) is 42.0 Å². The average molecular weight is 297 g/mol. The maximum atomic E-state index is 9.52. The van der Waals surface area contributed by atoms with Crippen LogP contribution in [0, 0.1) is 0 Å². The van der Waals surface area contributed by atoms with E-state index in [0.717, 1.165) is 28.5 Å². The first-order valence-corrected chi connectivity index (χ1v) is 7.28. The summed E-state index contributed by atoms with van der Waals surface area (Å²) in [5.41, 5.74) is 0.802. The highest BCUT2D eigenvalue weighted by atomic mass is 35.5. The van der Waals surface area contributed by atoms with Crippen molar-refractivity contribution in [1.82, 2.24) is 20.2 Å². The fourth-order valence-corrected chi connectivity index (χ4v) is 2.91. The number of aromatic nitrogens is 4. The molecule has 0 amide bonds. The summed E-state index contributed by atoms with van der Waals surface area (Å²) < 4.78 is 1.85. The number of aliphatic hydroxyl groups excluding tert-OH is 1. The molecule has 7 heteroatoms. The second-order valence-electron chi connectivity index (χ2n) is 4.61. The van der Waals surface area contributed by atoms with Crippen LogP contribution in [-0.2, 0) is 0 Å². The quantitative estimate of drug-likeness (QED) is 0.940. The van der Waals surface area contributed by atoms with Gasteiger partial charge in [0.25, 0.3) is 0 Å².